The van der Waals surface area contributed by atoms with Gasteiger partial charge in [0.1, 0.15) is 5.82 Å². The van der Waals surface area contributed by atoms with E-state index in [1.165, 1.54) is 6.07 Å². The van der Waals surface area contributed by atoms with E-state index in [0.717, 1.165) is 30.0 Å². The first kappa shape index (κ1) is 13.3. The van der Waals surface area contributed by atoms with Gasteiger partial charge in [0.05, 0.1) is 23.8 Å². The second-order valence-corrected chi connectivity index (χ2v) is 4.43. The molecule has 100 valence electrons. The van der Waals surface area contributed by atoms with Gasteiger partial charge in [-0.05, 0) is 31.5 Å². The van der Waals surface area contributed by atoms with Crippen LogP contribution in [-0.4, -0.2) is 11.5 Å². The molecule has 0 saturated heterocycles. The Morgan fingerprint density at radius 2 is 2.00 bits per heavy atom. The Morgan fingerprint density at radius 1 is 1.21 bits per heavy atom. The molecule has 0 unspecified atom stereocenters. The van der Waals surface area contributed by atoms with Crippen molar-refractivity contribution in [3.8, 4) is 0 Å². The minimum Gasteiger partial charge on any atom is -0.384 e. The summed E-state index contributed by atoms with van der Waals surface area (Å²) in [4.78, 5) is 4.17. The van der Waals surface area contributed by atoms with Crippen LogP contribution in [0.2, 0.25) is 0 Å². The molecule has 0 radical (unpaired) electrons. The van der Waals surface area contributed by atoms with Crippen molar-refractivity contribution in [3.05, 3.63) is 48.0 Å². The zero-order valence-corrected chi connectivity index (χ0v) is 11.2. The Balaban J connectivity index is 2.16. The minimum absolute atomic E-state index is 0.210. The van der Waals surface area contributed by atoms with Crippen LogP contribution in [0, 0.1) is 12.7 Å². The number of rotatable bonds is 5. The first-order valence-electron chi connectivity index (χ1n) is 6.41. The maximum absolute atomic E-state index is 13.5. The van der Waals surface area contributed by atoms with Crippen molar-refractivity contribution in [2.24, 2.45) is 0 Å². The summed E-state index contributed by atoms with van der Waals surface area (Å²) in [6.45, 7) is 4.77. The zero-order chi connectivity index (χ0) is 13.7. The molecular formula is C15H18FN3. The molecule has 1 heterocycles. The van der Waals surface area contributed by atoms with Gasteiger partial charge in [0.15, 0.2) is 0 Å². The quantitative estimate of drug-likeness (QED) is 0.849. The molecule has 0 atom stereocenters. The van der Waals surface area contributed by atoms with Crippen LogP contribution in [0.3, 0.4) is 0 Å². The monoisotopic (exact) mass is 259 g/mol. The van der Waals surface area contributed by atoms with Gasteiger partial charge in [0.2, 0.25) is 0 Å². The number of benzene rings is 1. The van der Waals surface area contributed by atoms with Crippen LogP contribution in [0.15, 0.2) is 36.7 Å². The molecule has 2 N–H and O–H groups in total. The summed E-state index contributed by atoms with van der Waals surface area (Å²) >= 11 is 0. The molecule has 4 heteroatoms. The van der Waals surface area contributed by atoms with Gasteiger partial charge in [-0.15, -0.1) is 0 Å². The van der Waals surface area contributed by atoms with E-state index in [1.54, 1.807) is 25.4 Å². The maximum Gasteiger partial charge on any atom is 0.128 e. The lowest BCUT2D eigenvalue weighted by molar-refractivity contribution is 0.619. The van der Waals surface area contributed by atoms with Crippen molar-refractivity contribution in [2.75, 3.05) is 17.2 Å². The molecule has 0 aliphatic carbocycles. The summed E-state index contributed by atoms with van der Waals surface area (Å²) in [5.74, 6) is -0.210. The third-order valence-electron chi connectivity index (χ3n) is 2.86. The second kappa shape index (κ2) is 6.18. The molecule has 0 fully saturated rings. The number of aromatic nitrogens is 1. The van der Waals surface area contributed by atoms with Crippen LogP contribution < -0.4 is 10.6 Å². The van der Waals surface area contributed by atoms with E-state index in [-0.39, 0.29) is 5.82 Å². The van der Waals surface area contributed by atoms with E-state index in [9.17, 15) is 4.39 Å². The van der Waals surface area contributed by atoms with Crippen LogP contribution >= 0.6 is 0 Å². The van der Waals surface area contributed by atoms with Crippen molar-refractivity contribution in [3.63, 3.8) is 0 Å². The van der Waals surface area contributed by atoms with E-state index >= 15 is 0 Å². The van der Waals surface area contributed by atoms with Crippen molar-refractivity contribution in [1.82, 2.24) is 4.98 Å². The fourth-order valence-electron chi connectivity index (χ4n) is 1.77. The molecule has 19 heavy (non-hydrogen) atoms. The van der Waals surface area contributed by atoms with E-state index in [1.807, 2.05) is 12.1 Å². The normalized spacial score (nSPS) is 10.3. The third-order valence-corrected chi connectivity index (χ3v) is 2.86. The van der Waals surface area contributed by atoms with Crippen LogP contribution in [0.4, 0.5) is 21.5 Å². The molecule has 2 rings (SSSR count). The highest BCUT2D eigenvalue weighted by Gasteiger charge is 2.04. The average Bonchev–Trinajstić information content (AvgIpc) is 2.42. The fraction of sp³-hybridized carbons (Fsp3) is 0.267. The lowest BCUT2D eigenvalue weighted by Gasteiger charge is -2.11. The summed E-state index contributed by atoms with van der Waals surface area (Å²) < 4.78 is 13.5. The van der Waals surface area contributed by atoms with Gasteiger partial charge in [-0.25, -0.2) is 4.39 Å². The van der Waals surface area contributed by atoms with Crippen LogP contribution in [0.1, 0.15) is 18.9 Å². The smallest absolute Gasteiger partial charge is 0.128 e. The molecule has 0 amide bonds. The first-order chi connectivity index (χ1) is 9.20. The Hall–Kier alpha value is -2.10. The fourth-order valence-corrected chi connectivity index (χ4v) is 1.77. The summed E-state index contributed by atoms with van der Waals surface area (Å²) in [7, 11) is 0. The lowest BCUT2D eigenvalue weighted by Crippen LogP contribution is -2.01. The number of pyridine rings is 1. The van der Waals surface area contributed by atoms with Crippen LogP contribution in [0.25, 0.3) is 0 Å². The molecule has 0 saturated carbocycles. The van der Waals surface area contributed by atoms with Crippen LogP contribution in [0.5, 0.6) is 0 Å². The van der Waals surface area contributed by atoms with Gasteiger partial charge in [-0.3, -0.25) is 4.98 Å². The number of anilines is 3. The van der Waals surface area contributed by atoms with Gasteiger partial charge in [-0.1, -0.05) is 13.0 Å². The standard InChI is InChI=1S/C15H18FN3/c1-3-7-18-12-8-13(10-17-9-12)19-15-6-4-5-14(16)11(15)2/h4-6,8-10,18-19H,3,7H2,1-2H3. The van der Waals surface area contributed by atoms with Crippen molar-refractivity contribution in [1.29, 1.82) is 0 Å². The summed E-state index contributed by atoms with van der Waals surface area (Å²) in [5, 5.41) is 6.46. The first-order valence-corrected chi connectivity index (χ1v) is 6.41. The Kier molecular flexibility index (Phi) is 4.34. The molecular weight excluding hydrogens is 241 g/mol. The summed E-state index contributed by atoms with van der Waals surface area (Å²) in [6.07, 6.45) is 4.56. The van der Waals surface area contributed by atoms with Crippen molar-refractivity contribution in [2.45, 2.75) is 20.3 Å². The largest absolute Gasteiger partial charge is 0.384 e. The number of hydrogen-bond donors (Lipinski definition) is 2. The van der Waals surface area contributed by atoms with Gasteiger partial charge in [0, 0.05) is 17.8 Å². The average molecular weight is 259 g/mol. The van der Waals surface area contributed by atoms with Gasteiger partial charge in [-0.2, -0.15) is 0 Å². The SMILES string of the molecule is CCCNc1cncc(Nc2cccc(F)c2C)c1. The topological polar surface area (TPSA) is 37.0 Å². The van der Waals surface area contributed by atoms with Gasteiger partial charge in [0.25, 0.3) is 0 Å². The molecule has 0 spiro atoms. The van der Waals surface area contributed by atoms with E-state index in [4.69, 9.17) is 0 Å². The molecule has 1 aromatic heterocycles. The van der Waals surface area contributed by atoms with E-state index in [2.05, 4.69) is 22.5 Å². The number of halogens is 1. The molecule has 0 aliphatic rings. The summed E-state index contributed by atoms with van der Waals surface area (Å²) in [6, 6.07) is 6.97. The molecule has 0 aliphatic heterocycles. The number of hydrogen-bond acceptors (Lipinski definition) is 3. The highest BCUT2D eigenvalue weighted by atomic mass is 19.1. The zero-order valence-electron chi connectivity index (χ0n) is 11.2. The number of nitrogens with zero attached hydrogens (tertiary/aromatic N) is 1. The van der Waals surface area contributed by atoms with Crippen molar-refractivity contribution < 1.29 is 4.39 Å². The molecule has 1 aromatic carbocycles. The predicted octanol–water partition coefficient (Wildman–Crippen LogP) is 4.09. The second-order valence-electron chi connectivity index (χ2n) is 4.43. The highest BCUT2D eigenvalue weighted by molar-refractivity contribution is 5.65. The van der Waals surface area contributed by atoms with Gasteiger partial charge < -0.3 is 10.6 Å². The maximum atomic E-state index is 13.5. The highest BCUT2D eigenvalue weighted by Crippen LogP contribution is 2.23. The van der Waals surface area contributed by atoms with E-state index < -0.39 is 0 Å². The van der Waals surface area contributed by atoms with Crippen LogP contribution in [-0.2, 0) is 0 Å². The van der Waals surface area contributed by atoms with Gasteiger partial charge >= 0.3 is 0 Å². The molecule has 3 nitrogen and oxygen atoms in total. The molecule has 2 aromatic rings. The summed E-state index contributed by atoms with van der Waals surface area (Å²) in [5.41, 5.74) is 3.17. The Morgan fingerprint density at radius 3 is 2.79 bits per heavy atom. The Labute approximate surface area is 112 Å². The predicted molar refractivity (Wildman–Crippen MR) is 77.4 cm³/mol. The number of nitrogens with one attached hydrogen (secondary N) is 2. The molecule has 0 bridgehead atoms. The van der Waals surface area contributed by atoms with Crippen molar-refractivity contribution >= 4 is 17.1 Å². The Bertz CT molecular complexity index is 555. The minimum atomic E-state index is -0.210. The van der Waals surface area contributed by atoms with E-state index in [0.29, 0.717) is 5.56 Å². The third kappa shape index (κ3) is 3.44. The lowest BCUT2D eigenvalue weighted by atomic mass is 10.2.